The monoisotopic (exact) mass is 207 g/mol. The second-order valence-electron chi connectivity index (χ2n) is 3.31. The lowest BCUT2D eigenvalue weighted by molar-refractivity contribution is -0.142. The number of hydrogen-bond acceptors (Lipinski definition) is 4. The molecule has 0 saturated heterocycles. The van der Waals surface area contributed by atoms with Crippen LogP contribution in [-0.4, -0.2) is 37.0 Å². The Bertz CT molecular complexity index is 323. The quantitative estimate of drug-likeness (QED) is 0.630. The Balaban J connectivity index is 2.89. The minimum atomic E-state index is -3.25. The SMILES string of the molecule is CCS(=O)(=O)[C@H]1C[C@@]1(CN)C(=O)O. The van der Waals surface area contributed by atoms with Crippen LogP contribution in [0.5, 0.6) is 0 Å². The highest BCUT2D eigenvalue weighted by molar-refractivity contribution is 7.92. The number of carbonyl (C=O) groups is 1. The Labute approximate surface area is 76.8 Å². The molecule has 3 N–H and O–H groups in total. The Hall–Kier alpha value is -0.620. The van der Waals surface area contributed by atoms with Gasteiger partial charge in [-0.15, -0.1) is 0 Å². The molecule has 0 aromatic carbocycles. The first-order valence-electron chi connectivity index (χ1n) is 4.05. The molecule has 0 bridgehead atoms. The summed E-state index contributed by atoms with van der Waals surface area (Å²) in [4.78, 5) is 10.7. The topological polar surface area (TPSA) is 97.5 Å². The van der Waals surface area contributed by atoms with Crippen LogP contribution in [0, 0.1) is 5.41 Å². The van der Waals surface area contributed by atoms with Crippen molar-refractivity contribution < 1.29 is 18.3 Å². The van der Waals surface area contributed by atoms with Gasteiger partial charge in [0.1, 0.15) is 0 Å². The number of hydrogen-bond donors (Lipinski definition) is 2. The van der Waals surface area contributed by atoms with E-state index in [2.05, 4.69) is 0 Å². The first kappa shape index (κ1) is 10.5. The normalized spacial score (nSPS) is 32.9. The maximum atomic E-state index is 11.3. The summed E-state index contributed by atoms with van der Waals surface area (Å²) in [6, 6.07) is 0. The standard InChI is InChI=1S/C7H13NO4S/c1-2-13(11,12)5-3-7(5,4-8)6(9)10/h5H,2-4,8H2,1H3,(H,9,10)/t5-,7-/m0/s1. The van der Waals surface area contributed by atoms with Gasteiger partial charge in [-0.05, 0) is 6.42 Å². The number of nitrogens with two attached hydrogens (primary N) is 1. The van der Waals surface area contributed by atoms with Gasteiger partial charge in [0.05, 0.1) is 10.7 Å². The third-order valence-electron chi connectivity index (χ3n) is 2.63. The van der Waals surface area contributed by atoms with Gasteiger partial charge in [-0.3, -0.25) is 4.79 Å². The van der Waals surface area contributed by atoms with E-state index in [4.69, 9.17) is 10.8 Å². The van der Waals surface area contributed by atoms with Crippen LogP contribution in [0.1, 0.15) is 13.3 Å². The molecule has 6 heteroatoms. The van der Waals surface area contributed by atoms with Crippen molar-refractivity contribution in [3.63, 3.8) is 0 Å². The highest BCUT2D eigenvalue weighted by atomic mass is 32.2. The lowest BCUT2D eigenvalue weighted by Gasteiger charge is -2.08. The van der Waals surface area contributed by atoms with Gasteiger partial charge in [0, 0.05) is 12.3 Å². The second kappa shape index (κ2) is 2.95. The van der Waals surface area contributed by atoms with Crippen LogP contribution in [0.25, 0.3) is 0 Å². The lowest BCUT2D eigenvalue weighted by atomic mass is 10.1. The number of carboxylic acids is 1. The molecule has 5 nitrogen and oxygen atoms in total. The zero-order valence-electron chi connectivity index (χ0n) is 7.36. The molecule has 0 aliphatic heterocycles. The van der Waals surface area contributed by atoms with E-state index in [-0.39, 0.29) is 18.7 Å². The van der Waals surface area contributed by atoms with Crippen molar-refractivity contribution in [1.29, 1.82) is 0 Å². The van der Waals surface area contributed by atoms with Gasteiger partial charge in [-0.1, -0.05) is 6.92 Å². The molecule has 1 rings (SSSR count). The molecular weight excluding hydrogens is 194 g/mol. The van der Waals surface area contributed by atoms with Crippen LogP contribution in [0.2, 0.25) is 0 Å². The number of sulfone groups is 1. The fourth-order valence-electron chi connectivity index (χ4n) is 1.47. The first-order chi connectivity index (χ1) is 5.90. The molecule has 1 aliphatic rings. The zero-order chi connectivity index (χ0) is 10.3. The predicted octanol–water partition coefficient (Wildman–Crippen LogP) is -0.777. The molecule has 0 spiro atoms. The van der Waals surface area contributed by atoms with E-state index in [0.29, 0.717) is 0 Å². The van der Waals surface area contributed by atoms with E-state index < -0.39 is 26.5 Å². The summed E-state index contributed by atoms with van der Waals surface area (Å²) >= 11 is 0. The maximum Gasteiger partial charge on any atom is 0.312 e. The van der Waals surface area contributed by atoms with E-state index in [1.807, 2.05) is 0 Å². The van der Waals surface area contributed by atoms with Gasteiger partial charge in [-0.25, -0.2) is 8.42 Å². The molecule has 1 fully saturated rings. The summed E-state index contributed by atoms with van der Waals surface area (Å²) in [6.07, 6.45) is 0.162. The summed E-state index contributed by atoms with van der Waals surface area (Å²) in [6.45, 7) is 1.41. The number of aliphatic carboxylic acids is 1. The smallest absolute Gasteiger partial charge is 0.312 e. The van der Waals surface area contributed by atoms with Crippen LogP contribution in [-0.2, 0) is 14.6 Å². The third-order valence-corrected chi connectivity index (χ3v) is 4.92. The van der Waals surface area contributed by atoms with Crippen molar-refractivity contribution in [2.75, 3.05) is 12.3 Å². The molecular formula is C7H13NO4S. The largest absolute Gasteiger partial charge is 0.481 e. The molecule has 1 saturated carbocycles. The maximum absolute atomic E-state index is 11.3. The molecule has 1 aliphatic carbocycles. The van der Waals surface area contributed by atoms with Gasteiger partial charge >= 0.3 is 5.97 Å². The summed E-state index contributed by atoms with van der Waals surface area (Å²) in [5.41, 5.74) is 4.07. The molecule has 2 atom stereocenters. The molecule has 0 heterocycles. The van der Waals surface area contributed by atoms with E-state index >= 15 is 0 Å². The summed E-state index contributed by atoms with van der Waals surface area (Å²) in [5, 5.41) is 8.02. The van der Waals surface area contributed by atoms with E-state index in [0.717, 1.165) is 0 Å². The van der Waals surface area contributed by atoms with Gasteiger partial charge in [0.15, 0.2) is 9.84 Å². The number of carboxylic acid groups (broad SMARTS) is 1. The molecule has 0 aromatic heterocycles. The average Bonchev–Trinajstić information content (AvgIpc) is 2.80. The highest BCUT2D eigenvalue weighted by Crippen LogP contribution is 2.50. The van der Waals surface area contributed by atoms with E-state index in [1.54, 1.807) is 0 Å². The highest BCUT2D eigenvalue weighted by Gasteiger charge is 2.65. The fraction of sp³-hybridized carbons (Fsp3) is 0.857. The van der Waals surface area contributed by atoms with Crippen LogP contribution in [0.4, 0.5) is 0 Å². The molecule has 0 radical (unpaired) electrons. The van der Waals surface area contributed by atoms with Gasteiger partial charge < -0.3 is 10.8 Å². The van der Waals surface area contributed by atoms with Gasteiger partial charge in [0.2, 0.25) is 0 Å². The van der Waals surface area contributed by atoms with Crippen molar-refractivity contribution in [3.05, 3.63) is 0 Å². The first-order valence-corrected chi connectivity index (χ1v) is 5.77. The molecule has 13 heavy (non-hydrogen) atoms. The Morgan fingerprint density at radius 1 is 1.69 bits per heavy atom. The Morgan fingerprint density at radius 3 is 2.46 bits per heavy atom. The average molecular weight is 207 g/mol. The lowest BCUT2D eigenvalue weighted by Crippen LogP contribution is -2.31. The summed E-state index contributed by atoms with van der Waals surface area (Å²) in [7, 11) is -3.25. The fourth-order valence-corrected chi connectivity index (χ4v) is 3.31. The Morgan fingerprint density at radius 2 is 2.23 bits per heavy atom. The van der Waals surface area contributed by atoms with E-state index in [9.17, 15) is 13.2 Å². The van der Waals surface area contributed by atoms with Crippen molar-refractivity contribution in [3.8, 4) is 0 Å². The molecule has 76 valence electrons. The molecule has 0 aromatic rings. The summed E-state index contributed by atoms with van der Waals surface area (Å²) in [5.74, 6) is -1.12. The van der Waals surface area contributed by atoms with Gasteiger partial charge in [-0.2, -0.15) is 0 Å². The minimum absolute atomic E-state index is 0.0211. The van der Waals surface area contributed by atoms with E-state index in [1.165, 1.54) is 6.92 Å². The Kier molecular flexibility index (Phi) is 2.38. The van der Waals surface area contributed by atoms with Crippen molar-refractivity contribution in [2.45, 2.75) is 18.6 Å². The second-order valence-corrected chi connectivity index (χ2v) is 5.78. The molecule has 0 unspecified atom stereocenters. The molecule has 0 amide bonds. The number of rotatable bonds is 4. The van der Waals surface area contributed by atoms with Gasteiger partial charge in [0.25, 0.3) is 0 Å². The van der Waals surface area contributed by atoms with Crippen LogP contribution in [0.3, 0.4) is 0 Å². The zero-order valence-corrected chi connectivity index (χ0v) is 8.17. The van der Waals surface area contributed by atoms with Crippen LogP contribution >= 0.6 is 0 Å². The van der Waals surface area contributed by atoms with Crippen molar-refractivity contribution >= 4 is 15.8 Å². The van der Waals surface area contributed by atoms with Crippen LogP contribution in [0.15, 0.2) is 0 Å². The summed E-state index contributed by atoms with van der Waals surface area (Å²) < 4.78 is 22.6. The van der Waals surface area contributed by atoms with Crippen LogP contribution < -0.4 is 5.73 Å². The third kappa shape index (κ3) is 1.44. The van der Waals surface area contributed by atoms with Crippen molar-refractivity contribution in [2.24, 2.45) is 11.1 Å². The predicted molar refractivity (Wildman–Crippen MR) is 47.0 cm³/mol. The van der Waals surface area contributed by atoms with Crippen molar-refractivity contribution in [1.82, 2.24) is 0 Å². The minimum Gasteiger partial charge on any atom is -0.481 e.